The van der Waals surface area contributed by atoms with Gasteiger partial charge in [-0.1, -0.05) is 24.3 Å². The van der Waals surface area contributed by atoms with Crippen LogP contribution in [0.15, 0.2) is 59.7 Å². The maximum atomic E-state index is 13.1. The molecule has 0 unspecified atom stereocenters. The normalized spacial score (nSPS) is 18.6. The number of Topliss-reactive ketones (excluding diaryl/α,β-unsaturated/α-hetero) is 1. The Labute approximate surface area is 167 Å². The zero-order valence-corrected chi connectivity index (χ0v) is 16.4. The van der Waals surface area contributed by atoms with E-state index in [1.807, 2.05) is 0 Å². The summed E-state index contributed by atoms with van der Waals surface area (Å²) in [4.78, 5) is 33.1. The van der Waals surface area contributed by atoms with Gasteiger partial charge in [0, 0.05) is 30.8 Å². The van der Waals surface area contributed by atoms with Crippen molar-refractivity contribution in [3.05, 3.63) is 82.4 Å². The highest BCUT2D eigenvalue weighted by Gasteiger charge is 2.27. The number of rotatable bonds is 5. The minimum atomic E-state index is -4.18. The molecule has 1 fully saturated rings. The van der Waals surface area contributed by atoms with E-state index in [4.69, 9.17) is 0 Å². The molecule has 2 N–H and O–H groups in total. The lowest BCUT2D eigenvalue weighted by Crippen LogP contribution is -2.39. The van der Waals surface area contributed by atoms with E-state index in [1.54, 1.807) is 41.3 Å². The number of carbonyl (C=O) groups is 1. The average Bonchev–Trinajstić information content (AvgIpc) is 2.66. The zero-order chi connectivity index (χ0) is 21.0. The largest absolute Gasteiger partial charge is 0.326 e. The van der Waals surface area contributed by atoms with Gasteiger partial charge in [0.15, 0.2) is 5.78 Å². The maximum absolute atomic E-state index is 13.1. The standard InChI is InChI=1S/C21H20F2NO4P/c22-19-5-1-15(2-6-19)11-17-13-24(9-10-29(26,27)28)14-18(21(17)25)12-16-3-7-20(23)8-4-16/h1-8,11-12H,9-10,13-14H2,(H2,26,27,28)/b17-11+,18-12+. The summed E-state index contributed by atoms with van der Waals surface area (Å²) in [5.41, 5.74) is 2.16. The SMILES string of the molecule is O=C1/C(=C/c2ccc(F)cc2)CN(CCP(=O)(O)O)C/C1=C\c1ccc(F)cc1. The third kappa shape index (κ3) is 6.27. The highest BCUT2D eigenvalue weighted by molar-refractivity contribution is 7.51. The van der Waals surface area contributed by atoms with Crippen LogP contribution >= 0.6 is 7.60 Å². The highest BCUT2D eigenvalue weighted by Crippen LogP contribution is 2.34. The number of hydrogen-bond acceptors (Lipinski definition) is 3. The first-order chi connectivity index (χ1) is 13.7. The van der Waals surface area contributed by atoms with Gasteiger partial charge in [-0.2, -0.15) is 0 Å². The van der Waals surface area contributed by atoms with Gasteiger partial charge in [-0.05, 0) is 47.5 Å². The number of halogens is 2. The van der Waals surface area contributed by atoms with Gasteiger partial charge >= 0.3 is 7.60 Å². The van der Waals surface area contributed by atoms with Crippen molar-refractivity contribution >= 4 is 25.5 Å². The van der Waals surface area contributed by atoms with Crippen molar-refractivity contribution in [2.75, 3.05) is 25.8 Å². The molecule has 0 bridgehead atoms. The summed E-state index contributed by atoms with van der Waals surface area (Å²) >= 11 is 0. The summed E-state index contributed by atoms with van der Waals surface area (Å²) in [6.45, 7) is 0.549. The van der Waals surface area contributed by atoms with E-state index in [-0.39, 0.29) is 43.2 Å². The second-order valence-corrected chi connectivity index (χ2v) is 8.65. The van der Waals surface area contributed by atoms with E-state index in [9.17, 15) is 27.9 Å². The Morgan fingerprint density at radius 2 is 1.28 bits per heavy atom. The van der Waals surface area contributed by atoms with Gasteiger partial charge in [-0.15, -0.1) is 0 Å². The van der Waals surface area contributed by atoms with Gasteiger partial charge in [0.25, 0.3) is 0 Å². The van der Waals surface area contributed by atoms with Crippen LogP contribution in [0.1, 0.15) is 11.1 Å². The third-order valence-corrected chi connectivity index (χ3v) is 5.28. The van der Waals surface area contributed by atoms with Crippen molar-refractivity contribution in [2.24, 2.45) is 0 Å². The molecule has 152 valence electrons. The number of piperidine rings is 1. The molecule has 5 nitrogen and oxygen atoms in total. The predicted molar refractivity (Wildman–Crippen MR) is 107 cm³/mol. The molecule has 1 heterocycles. The van der Waals surface area contributed by atoms with E-state index in [0.29, 0.717) is 22.3 Å². The Kier molecular flexibility index (Phi) is 6.55. The minimum absolute atomic E-state index is 0.110. The summed E-state index contributed by atoms with van der Waals surface area (Å²) in [7, 11) is -4.18. The van der Waals surface area contributed by atoms with E-state index in [2.05, 4.69) is 0 Å². The van der Waals surface area contributed by atoms with Crippen molar-refractivity contribution in [3.63, 3.8) is 0 Å². The molecular weight excluding hydrogens is 399 g/mol. The molecule has 0 spiro atoms. The molecule has 1 aliphatic rings. The number of likely N-dealkylation sites (tertiary alicyclic amines) is 1. The molecule has 1 saturated heterocycles. The number of ketones is 1. The second-order valence-electron chi connectivity index (χ2n) is 6.87. The Balaban J connectivity index is 1.92. The summed E-state index contributed by atoms with van der Waals surface area (Å²) in [5, 5.41) is 0. The van der Waals surface area contributed by atoms with Gasteiger partial charge in [0.1, 0.15) is 11.6 Å². The van der Waals surface area contributed by atoms with Crippen LogP contribution in [0.3, 0.4) is 0 Å². The first-order valence-corrected chi connectivity index (χ1v) is 10.7. The van der Waals surface area contributed by atoms with Crippen LogP contribution in [0.2, 0.25) is 0 Å². The topological polar surface area (TPSA) is 77.8 Å². The molecule has 0 saturated carbocycles. The lowest BCUT2D eigenvalue weighted by molar-refractivity contribution is -0.113. The smallest absolute Gasteiger partial charge is 0.324 e. The van der Waals surface area contributed by atoms with Crippen molar-refractivity contribution in [2.45, 2.75) is 0 Å². The first-order valence-electron chi connectivity index (χ1n) is 8.93. The van der Waals surface area contributed by atoms with Gasteiger partial charge in [0.2, 0.25) is 0 Å². The van der Waals surface area contributed by atoms with Crippen LogP contribution in [0, 0.1) is 11.6 Å². The quantitative estimate of drug-likeness (QED) is 0.573. The van der Waals surface area contributed by atoms with Crippen LogP contribution in [0.4, 0.5) is 8.78 Å². The molecular formula is C21H20F2NO4P. The number of benzene rings is 2. The predicted octanol–water partition coefficient (Wildman–Crippen LogP) is 3.49. The minimum Gasteiger partial charge on any atom is -0.324 e. The third-order valence-electron chi connectivity index (χ3n) is 4.50. The number of nitrogens with zero attached hydrogens (tertiary/aromatic N) is 1. The Morgan fingerprint density at radius 1 is 0.862 bits per heavy atom. The highest BCUT2D eigenvalue weighted by atomic mass is 31.2. The van der Waals surface area contributed by atoms with Crippen LogP contribution in [-0.4, -0.2) is 46.3 Å². The molecule has 0 aromatic heterocycles. The summed E-state index contributed by atoms with van der Waals surface area (Å²) in [6, 6.07) is 11.4. The van der Waals surface area contributed by atoms with Gasteiger partial charge in [-0.25, -0.2) is 8.78 Å². The molecule has 1 aliphatic heterocycles. The lowest BCUT2D eigenvalue weighted by atomic mass is 9.94. The lowest BCUT2D eigenvalue weighted by Gasteiger charge is -2.29. The molecule has 2 aromatic rings. The second kappa shape index (κ2) is 8.93. The summed E-state index contributed by atoms with van der Waals surface area (Å²) < 4.78 is 37.5. The molecule has 2 aromatic carbocycles. The maximum Gasteiger partial charge on any atom is 0.326 e. The van der Waals surface area contributed by atoms with Crippen LogP contribution in [-0.2, 0) is 9.36 Å². The Morgan fingerprint density at radius 3 is 1.66 bits per heavy atom. The summed E-state index contributed by atoms with van der Waals surface area (Å²) in [6.07, 6.45) is 2.96. The number of carbonyl (C=O) groups excluding carboxylic acids is 1. The first kappa shape index (κ1) is 21.3. The Hall–Kier alpha value is -2.44. The molecule has 0 aliphatic carbocycles. The zero-order valence-electron chi connectivity index (χ0n) is 15.5. The van der Waals surface area contributed by atoms with E-state index in [0.717, 1.165) is 0 Å². The van der Waals surface area contributed by atoms with Gasteiger partial charge in [0.05, 0.1) is 6.16 Å². The van der Waals surface area contributed by atoms with Crippen LogP contribution < -0.4 is 0 Å². The fraction of sp³-hybridized carbons (Fsp3) is 0.190. The molecule has 29 heavy (non-hydrogen) atoms. The average molecular weight is 419 g/mol. The van der Waals surface area contributed by atoms with Crippen LogP contribution in [0.25, 0.3) is 12.2 Å². The van der Waals surface area contributed by atoms with E-state index < -0.39 is 7.60 Å². The van der Waals surface area contributed by atoms with Crippen molar-refractivity contribution in [3.8, 4) is 0 Å². The molecule has 0 atom stereocenters. The van der Waals surface area contributed by atoms with Crippen molar-refractivity contribution in [1.29, 1.82) is 0 Å². The fourth-order valence-electron chi connectivity index (χ4n) is 3.06. The van der Waals surface area contributed by atoms with Crippen molar-refractivity contribution < 1.29 is 27.9 Å². The number of hydrogen-bond donors (Lipinski definition) is 2. The van der Waals surface area contributed by atoms with Crippen LogP contribution in [0.5, 0.6) is 0 Å². The van der Waals surface area contributed by atoms with Gasteiger partial charge < -0.3 is 9.79 Å². The monoisotopic (exact) mass is 419 g/mol. The molecule has 8 heteroatoms. The molecule has 0 radical (unpaired) electrons. The summed E-state index contributed by atoms with van der Waals surface area (Å²) in [5.74, 6) is -0.976. The molecule has 3 rings (SSSR count). The van der Waals surface area contributed by atoms with Gasteiger partial charge in [-0.3, -0.25) is 14.3 Å². The van der Waals surface area contributed by atoms with E-state index >= 15 is 0 Å². The fourth-order valence-corrected chi connectivity index (χ4v) is 3.60. The van der Waals surface area contributed by atoms with E-state index in [1.165, 1.54) is 24.3 Å². The Bertz CT molecular complexity index is 927. The van der Waals surface area contributed by atoms with Crippen molar-refractivity contribution in [1.82, 2.24) is 4.90 Å². The molecule has 0 amide bonds.